The van der Waals surface area contributed by atoms with Crippen molar-refractivity contribution in [2.45, 2.75) is 168 Å². The molecule has 0 amide bonds. The number of unbranched alkanes of at least 4 members (excludes halogenated alkanes) is 22. The predicted molar refractivity (Wildman–Crippen MR) is 319 cm³/mol. The molecule has 0 saturated heterocycles. The molecule has 0 aliphatic heterocycles. The van der Waals surface area contributed by atoms with Gasteiger partial charge in [-0.25, -0.2) is 14.4 Å². The van der Waals surface area contributed by atoms with Gasteiger partial charge in [0.1, 0.15) is 28.7 Å². The van der Waals surface area contributed by atoms with E-state index in [0.717, 1.165) is 47.3 Å². The van der Waals surface area contributed by atoms with Crippen molar-refractivity contribution in [3.8, 4) is 45.9 Å². The number of benzene rings is 6. The summed E-state index contributed by atoms with van der Waals surface area (Å²) in [5, 5.41) is 9.98. The molecular weight excluding hydrogens is 983 g/mol. The lowest BCUT2D eigenvalue weighted by Crippen LogP contribution is -2.10. The smallest absolute Gasteiger partial charge is 0.343 e. The number of nitriles is 1. The first kappa shape index (κ1) is 60.8. The molecule has 0 N–H and O–H groups in total. The van der Waals surface area contributed by atoms with Crippen molar-refractivity contribution in [1.82, 2.24) is 0 Å². The molecule has 0 aliphatic rings. The van der Waals surface area contributed by atoms with Gasteiger partial charge in [0, 0.05) is 0 Å². The summed E-state index contributed by atoms with van der Waals surface area (Å²) in [5.41, 5.74) is 4.72. The third kappa shape index (κ3) is 22.8. The maximum absolute atomic E-state index is 13.1. The lowest BCUT2D eigenvalue weighted by Gasteiger charge is -2.09. The maximum atomic E-state index is 13.1. The quantitative estimate of drug-likeness (QED) is 0.0123. The molecule has 0 heterocycles. The fraction of sp³-hybridized carbons (Fsp3) is 0.400. The Labute approximate surface area is 471 Å². The van der Waals surface area contributed by atoms with Crippen molar-refractivity contribution in [2.24, 2.45) is 0 Å². The van der Waals surface area contributed by atoms with E-state index in [0.29, 0.717) is 52.9 Å². The standard InChI is InChI=1S/C70H83NO8/c1-3-5-7-9-11-13-15-17-19-21-23-25-50-75-63-42-34-57(35-43-63)62(54-71)52-55-30-32-58(33-31-55)68(72)77-65-46-36-56(37-47-65)61-28-27-29-67(53-61)79-70(74)60-40-48-66(49-41-60)78-69(73)59-38-44-64(45-39-59)76-51-26-24-22-20-18-16-14-12-10-8-6-4-2/h27-49,52-53H,3-26,50-51H2,1-2H3/b62-52+. The minimum atomic E-state index is -0.568. The van der Waals surface area contributed by atoms with E-state index < -0.39 is 17.9 Å². The summed E-state index contributed by atoms with van der Waals surface area (Å²) in [6, 6.07) is 44.2. The van der Waals surface area contributed by atoms with Crippen LogP contribution in [-0.2, 0) is 0 Å². The second kappa shape index (κ2) is 35.9. The first-order valence-corrected chi connectivity index (χ1v) is 29.5. The lowest BCUT2D eigenvalue weighted by molar-refractivity contribution is 0.0723. The Morgan fingerprint density at radius 3 is 1.11 bits per heavy atom. The molecule has 0 spiro atoms. The van der Waals surface area contributed by atoms with E-state index in [2.05, 4.69) is 19.9 Å². The number of rotatable bonds is 37. The van der Waals surface area contributed by atoms with E-state index in [1.807, 2.05) is 42.5 Å². The largest absolute Gasteiger partial charge is 0.494 e. The van der Waals surface area contributed by atoms with Gasteiger partial charge in [-0.05, 0) is 150 Å². The summed E-state index contributed by atoms with van der Waals surface area (Å²) in [7, 11) is 0. The van der Waals surface area contributed by atoms with Crippen molar-refractivity contribution in [2.75, 3.05) is 13.2 Å². The van der Waals surface area contributed by atoms with Crippen LogP contribution in [0.4, 0.5) is 0 Å². The Morgan fingerprint density at radius 1 is 0.367 bits per heavy atom. The molecule has 0 fully saturated rings. The first-order valence-electron chi connectivity index (χ1n) is 29.5. The molecule has 6 rings (SSSR count). The number of ether oxygens (including phenoxy) is 5. The summed E-state index contributed by atoms with van der Waals surface area (Å²) >= 11 is 0. The topological polar surface area (TPSA) is 121 Å². The van der Waals surface area contributed by atoms with Crippen molar-refractivity contribution in [3.05, 3.63) is 173 Å². The number of hydrogen-bond donors (Lipinski definition) is 0. The fourth-order valence-electron chi connectivity index (χ4n) is 9.36. The summed E-state index contributed by atoms with van der Waals surface area (Å²) in [6.45, 7) is 5.85. The molecule has 6 aromatic carbocycles. The van der Waals surface area contributed by atoms with Gasteiger partial charge in [0.25, 0.3) is 0 Å². The van der Waals surface area contributed by atoms with Gasteiger partial charge in [-0.1, -0.05) is 192 Å². The zero-order valence-electron chi connectivity index (χ0n) is 47.0. The van der Waals surface area contributed by atoms with Crippen LogP contribution in [0.5, 0.6) is 28.7 Å². The molecule has 9 nitrogen and oxygen atoms in total. The zero-order valence-corrected chi connectivity index (χ0v) is 47.0. The third-order valence-electron chi connectivity index (χ3n) is 14.1. The molecule has 0 aromatic heterocycles. The van der Waals surface area contributed by atoms with Crippen LogP contribution >= 0.6 is 0 Å². The van der Waals surface area contributed by atoms with E-state index in [1.165, 1.54) is 135 Å². The number of hydrogen-bond acceptors (Lipinski definition) is 9. The molecule has 0 saturated carbocycles. The van der Waals surface area contributed by atoms with Gasteiger partial charge in [0.05, 0.1) is 41.5 Å². The van der Waals surface area contributed by atoms with Crippen molar-refractivity contribution < 1.29 is 38.1 Å². The van der Waals surface area contributed by atoms with Crippen molar-refractivity contribution >= 4 is 29.6 Å². The van der Waals surface area contributed by atoms with Gasteiger partial charge in [0.2, 0.25) is 0 Å². The average Bonchev–Trinajstić information content (AvgIpc) is 3.48. The first-order chi connectivity index (χ1) is 38.8. The highest BCUT2D eigenvalue weighted by Gasteiger charge is 2.14. The number of esters is 3. The molecule has 9 heteroatoms. The second-order valence-electron chi connectivity index (χ2n) is 20.6. The van der Waals surface area contributed by atoms with Crippen LogP contribution in [0.1, 0.15) is 210 Å². The maximum Gasteiger partial charge on any atom is 0.343 e. The van der Waals surface area contributed by atoms with E-state index in [-0.39, 0.29) is 5.56 Å². The van der Waals surface area contributed by atoms with Crippen LogP contribution in [0.25, 0.3) is 22.8 Å². The molecular formula is C70H83NO8. The van der Waals surface area contributed by atoms with E-state index >= 15 is 0 Å². The van der Waals surface area contributed by atoms with Crippen LogP contribution in [-0.4, -0.2) is 31.1 Å². The highest BCUT2D eigenvalue weighted by Crippen LogP contribution is 2.28. The van der Waals surface area contributed by atoms with Crippen LogP contribution in [0.15, 0.2) is 146 Å². The monoisotopic (exact) mass is 1070 g/mol. The fourth-order valence-corrected chi connectivity index (χ4v) is 9.36. The van der Waals surface area contributed by atoms with E-state index in [4.69, 9.17) is 23.7 Å². The normalized spacial score (nSPS) is 11.2. The number of carbonyl (C=O) groups is 3. The summed E-state index contributed by atoms with van der Waals surface area (Å²) < 4.78 is 28.9. The SMILES string of the molecule is CCCCCCCCCCCCCCOc1ccc(C(=O)Oc2ccc(C(=O)Oc3cccc(-c4ccc(OC(=O)c5ccc(/C=C(\C#N)c6ccc(OCCCCCCCCCCCCCC)cc6)cc5)cc4)c3)cc2)cc1. The van der Waals surface area contributed by atoms with Crippen molar-refractivity contribution in [1.29, 1.82) is 5.26 Å². The molecule has 0 unspecified atom stereocenters. The molecule has 0 atom stereocenters. The Kier molecular flexibility index (Phi) is 27.6. The number of allylic oxidation sites excluding steroid dienone is 1. The van der Waals surface area contributed by atoms with E-state index in [9.17, 15) is 19.6 Å². The van der Waals surface area contributed by atoms with Gasteiger partial charge < -0.3 is 23.7 Å². The average molecular weight is 1070 g/mol. The third-order valence-corrected chi connectivity index (χ3v) is 14.1. The van der Waals surface area contributed by atoms with Gasteiger partial charge in [-0.2, -0.15) is 5.26 Å². The number of nitrogens with zero attached hydrogens (tertiary/aromatic N) is 1. The predicted octanol–water partition coefficient (Wildman–Crippen LogP) is 19.2. The van der Waals surface area contributed by atoms with Crippen LogP contribution in [0, 0.1) is 11.3 Å². The summed E-state index contributed by atoms with van der Waals surface area (Å²) in [5.74, 6) is 0.920. The Hall–Kier alpha value is -7.44. The summed E-state index contributed by atoms with van der Waals surface area (Å²) in [6.07, 6.45) is 33.0. The van der Waals surface area contributed by atoms with E-state index in [1.54, 1.807) is 109 Å². The molecule has 0 aliphatic carbocycles. The van der Waals surface area contributed by atoms with Crippen LogP contribution in [0.3, 0.4) is 0 Å². The second-order valence-corrected chi connectivity index (χ2v) is 20.6. The minimum absolute atomic E-state index is 0.288. The minimum Gasteiger partial charge on any atom is -0.494 e. The van der Waals surface area contributed by atoms with Gasteiger partial charge in [0.15, 0.2) is 0 Å². The van der Waals surface area contributed by atoms with Crippen molar-refractivity contribution in [3.63, 3.8) is 0 Å². The molecule has 6 aromatic rings. The highest BCUT2D eigenvalue weighted by atomic mass is 16.5. The van der Waals surface area contributed by atoms with Crippen LogP contribution < -0.4 is 23.7 Å². The lowest BCUT2D eigenvalue weighted by atomic mass is 10.0. The van der Waals surface area contributed by atoms with Gasteiger partial charge >= 0.3 is 17.9 Å². The van der Waals surface area contributed by atoms with Crippen LogP contribution in [0.2, 0.25) is 0 Å². The highest BCUT2D eigenvalue weighted by molar-refractivity contribution is 5.94. The Balaban J connectivity index is 0.872. The molecule has 0 radical (unpaired) electrons. The molecule has 0 bridgehead atoms. The molecule has 79 heavy (non-hydrogen) atoms. The molecule has 416 valence electrons. The van der Waals surface area contributed by atoms with Gasteiger partial charge in [-0.15, -0.1) is 0 Å². The number of carbonyl (C=O) groups excluding carboxylic acids is 3. The summed E-state index contributed by atoms with van der Waals surface area (Å²) in [4.78, 5) is 39.2. The Morgan fingerprint density at radius 2 is 0.709 bits per heavy atom. The Bertz CT molecular complexity index is 2770. The zero-order chi connectivity index (χ0) is 55.5. The van der Waals surface area contributed by atoms with Gasteiger partial charge in [-0.3, -0.25) is 0 Å².